The Bertz CT molecular complexity index is 817. The standard InChI is InChI=1S/C19H19N3O2S/c23-17(22-19-21-16(11-25-19)13-6-7-13)10-3-12-1-4-14(5-2-12)18(24)20-15-8-9-15/h1-5,10-11,13,15H,6-9H2,(H,20,24)(H,21,22,23). The molecular weight excluding hydrogens is 334 g/mol. The van der Waals surface area contributed by atoms with Gasteiger partial charge in [0, 0.05) is 29.0 Å². The van der Waals surface area contributed by atoms with Crippen LogP contribution >= 0.6 is 11.3 Å². The van der Waals surface area contributed by atoms with Crippen molar-refractivity contribution in [3.05, 3.63) is 52.5 Å². The summed E-state index contributed by atoms with van der Waals surface area (Å²) in [6.45, 7) is 0. The van der Waals surface area contributed by atoms with E-state index in [9.17, 15) is 9.59 Å². The molecule has 0 atom stereocenters. The Morgan fingerprint density at radius 2 is 1.88 bits per heavy atom. The highest BCUT2D eigenvalue weighted by atomic mass is 32.1. The maximum Gasteiger partial charge on any atom is 0.251 e. The summed E-state index contributed by atoms with van der Waals surface area (Å²) in [5.74, 6) is 0.353. The van der Waals surface area contributed by atoms with E-state index in [1.807, 2.05) is 17.5 Å². The minimum atomic E-state index is -0.202. The third-order valence-electron chi connectivity index (χ3n) is 4.26. The second-order valence-electron chi connectivity index (χ2n) is 6.54. The molecule has 128 valence electrons. The Morgan fingerprint density at radius 1 is 1.12 bits per heavy atom. The van der Waals surface area contributed by atoms with Crippen LogP contribution < -0.4 is 10.6 Å². The third kappa shape index (κ3) is 4.33. The summed E-state index contributed by atoms with van der Waals surface area (Å²) < 4.78 is 0. The van der Waals surface area contributed by atoms with Crippen LogP contribution in [0.25, 0.3) is 6.08 Å². The first-order chi connectivity index (χ1) is 12.2. The quantitative estimate of drug-likeness (QED) is 0.780. The molecule has 0 radical (unpaired) electrons. The van der Waals surface area contributed by atoms with Gasteiger partial charge < -0.3 is 5.32 Å². The fourth-order valence-electron chi connectivity index (χ4n) is 2.47. The molecule has 1 heterocycles. The van der Waals surface area contributed by atoms with E-state index in [1.165, 1.54) is 30.3 Å². The SMILES string of the molecule is O=C(C=Cc1ccc(C(=O)NC2CC2)cc1)Nc1nc(C2CC2)cs1. The van der Waals surface area contributed by atoms with Crippen molar-refractivity contribution in [2.75, 3.05) is 5.32 Å². The van der Waals surface area contributed by atoms with E-state index in [0.29, 0.717) is 22.7 Å². The van der Waals surface area contributed by atoms with Crippen LogP contribution in [0.2, 0.25) is 0 Å². The van der Waals surface area contributed by atoms with Gasteiger partial charge in [0.1, 0.15) is 0 Å². The molecule has 5 nitrogen and oxygen atoms in total. The lowest BCUT2D eigenvalue weighted by Crippen LogP contribution is -2.25. The second kappa shape index (κ2) is 6.80. The predicted molar refractivity (Wildman–Crippen MR) is 98.7 cm³/mol. The van der Waals surface area contributed by atoms with Crippen LogP contribution in [0.3, 0.4) is 0 Å². The lowest BCUT2D eigenvalue weighted by Gasteiger charge is -2.03. The third-order valence-corrected chi connectivity index (χ3v) is 5.04. The maximum atomic E-state index is 12.0. The van der Waals surface area contributed by atoms with E-state index in [0.717, 1.165) is 24.1 Å². The number of thiazole rings is 1. The number of aromatic nitrogens is 1. The zero-order chi connectivity index (χ0) is 17.2. The number of hydrogen-bond acceptors (Lipinski definition) is 4. The lowest BCUT2D eigenvalue weighted by molar-refractivity contribution is -0.111. The molecule has 2 saturated carbocycles. The minimum absolute atomic E-state index is 0.0361. The van der Waals surface area contributed by atoms with Gasteiger partial charge in [0.05, 0.1) is 5.69 Å². The summed E-state index contributed by atoms with van der Waals surface area (Å²) in [6, 6.07) is 7.57. The number of amides is 2. The lowest BCUT2D eigenvalue weighted by atomic mass is 10.1. The number of hydrogen-bond donors (Lipinski definition) is 2. The molecule has 0 spiro atoms. The van der Waals surface area contributed by atoms with E-state index in [1.54, 1.807) is 18.2 Å². The van der Waals surface area contributed by atoms with Crippen molar-refractivity contribution in [3.63, 3.8) is 0 Å². The Balaban J connectivity index is 1.32. The zero-order valence-electron chi connectivity index (χ0n) is 13.7. The highest BCUT2D eigenvalue weighted by molar-refractivity contribution is 7.14. The summed E-state index contributed by atoms with van der Waals surface area (Å²) in [4.78, 5) is 28.4. The molecule has 0 saturated heterocycles. The second-order valence-corrected chi connectivity index (χ2v) is 7.40. The summed E-state index contributed by atoms with van der Waals surface area (Å²) in [5, 5.41) is 8.40. The Kier molecular flexibility index (Phi) is 4.36. The molecule has 2 aliphatic carbocycles. The van der Waals surface area contributed by atoms with Crippen LogP contribution in [0.4, 0.5) is 5.13 Å². The van der Waals surface area contributed by atoms with Crippen molar-refractivity contribution in [3.8, 4) is 0 Å². The molecule has 2 amide bonds. The predicted octanol–water partition coefficient (Wildman–Crippen LogP) is 3.56. The van der Waals surface area contributed by atoms with Gasteiger partial charge in [-0.3, -0.25) is 14.9 Å². The molecule has 0 aliphatic heterocycles. The van der Waals surface area contributed by atoms with Gasteiger partial charge in [-0.1, -0.05) is 12.1 Å². The minimum Gasteiger partial charge on any atom is -0.349 e. The van der Waals surface area contributed by atoms with Gasteiger partial charge in [-0.25, -0.2) is 4.98 Å². The van der Waals surface area contributed by atoms with Crippen LogP contribution in [0, 0.1) is 0 Å². The van der Waals surface area contributed by atoms with Crippen LogP contribution in [0.5, 0.6) is 0 Å². The molecule has 0 bridgehead atoms. The Labute approximate surface area is 150 Å². The largest absolute Gasteiger partial charge is 0.349 e. The van der Waals surface area contributed by atoms with Crippen molar-refractivity contribution in [1.29, 1.82) is 0 Å². The highest BCUT2D eigenvalue weighted by Crippen LogP contribution is 2.40. The fourth-order valence-corrected chi connectivity index (χ4v) is 3.27. The molecular formula is C19H19N3O2S. The molecule has 6 heteroatoms. The average Bonchev–Trinajstić information content (AvgIpc) is 3.54. The Hall–Kier alpha value is -2.47. The number of carbonyl (C=O) groups is 2. The first-order valence-corrected chi connectivity index (χ1v) is 9.41. The smallest absolute Gasteiger partial charge is 0.251 e. The van der Waals surface area contributed by atoms with Crippen molar-refractivity contribution < 1.29 is 9.59 Å². The summed E-state index contributed by atoms with van der Waals surface area (Å²) in [5.41, 5.74) is 2.60. The van der Waals surface area contributed by atoms with Gasteiger partial charge in [-0.2, -0.15) is 0 Å². The van der Waals surface area contributed by atoms with Crippen LogP contribution in [-0.2, 0) is 4.79 Å². The molecule has 1 aromatic heterocycles. The number of rotatable bonds is 6. The van der Waals surface area contributed by atoms with Crippen LogP contribution in [0.15, 0.2) is 35.7 Å². The fraction of sp³-hybridized carbons (Fsp3) is 0.316. The van der Waals surface area contributed by atoms with Gasteiger partial charge in [-0.15, -0.1) is 11.3 Å². The summed E-state index contributed by atoms with van der Waals surface area (Å²) in [6.07, 6.45) is 7.76. The van der Waals surface area contributed by atoms with Crippen molar-refractivity contribution in [2.45, 2.75) is 37.6 Å². The first-order valence-electron chi connectivity index (χ1n) is 8.53. The normalized spacial score (nSPS) is 16.8. The Morgan fingerprint density at radius 3 is 2.56 bits per heavy atom. The van der Waals surface area contributed by atoms with E-state index in [2.05, 4.69) is 15.6 Å². The topological polar surface area (TPSA) is 71.1 Å². The van der Waals surface area contributed by atoms with Crippen LogP contribution in [0.1, 0.15) is 53.2 Å². The number of benzene rings is 1. The first kappa shape index (κ1) is 16.0. The molecule has 25 heavy (non-hydrogen) atoms. The number of carbonyl (C=O) groups excluding carboxylic acids is 2. The van der Waals surface area contributed by atoms with Crippen LogP contribution in [-0.4, -0.2) is 22.8 Å². The van der Waals surface area contributed by atoms with Gasteiger partial charge in [0.15, 0.2) is 5.13 Å². The number of nitrogens with zero attached hydrogens (tertiary/aromatic N) is 1. The van der Waals surface area contributed by atoms with Gasteiger partial charge in [0.25, 0.3) is 5.91 Å². The maximum absolute atomic E-state index is 12.0. The average molecular weight is 353 g/mol. The molecule has 2 N–H and O–H groups in total. The van der Waals surface area contributed by atoms with E-state index >= 15 is 0 Å². The van der Waals surface area contributed by atoms with Gasteiger partial charge in [0.2, 0.25) is 5.91 Å². The molecule has 1 aromatic carbocycles. The summed E-state index contributed by atoms with van der Waals surface area (Å²) in [7, 11) is 0. The van der Waals surface area contributed by atoms with E-state index in [4.69, 9.17) is 0 Å². The number of anilines is 1. The monoisotopic (exact) mass is 353 g/mol. The molecule has 0 unspecified atom stereocenters. The van der Waals surface area contributed by atoms with Crippen molar-refractivity contribution in [2.24, 2.45) is 0 Å². The van der Waals surface area contributed by atoms with E-state index < -0.39 is 0 Å². The molecule has 2 aliphatic rings. The molecule has 2 fully saturated rings. The van der Waals surface area contributed by atoms with Crippen molar-refractivity contribution in [1.82, 2.24) is 10.3 Å². The summed E-state index contributed by atoms with van der Waals surface area (Å²) >= 11 is 1.46. The molecule has 2 aromatic rings. The van der Waals surface area contributed by atoms with Gasteiger partial charge in [-0.05, 0) is 49.5 Å². The van der Waals surface area contributed by atoms with E-state index in [-0.39, 0.29) is 11.8 Å². The molecule has 4 rings (SSSR count). The highest BCUT2D eigenvalue weighted by Gasteiger charge is 2.26. The van der Waals surface area contributed by atoms with Gasteiger partial charge >= 0.3 is 0 Å². The van der Waals surface area contributed by atoms with Crippen molar-refractivity contribution >= 4 is 34.4 Å². The number of nitrogens with one attached hydrogen (secondary N) is 2. The zero-order valence-corrected chi connectivity index (χ0v) is 14.5.